The molecular weight excluding hydrogens is 276 g/mol. The van der Waals surface area contributed by atoms with Crippen molar-refractivity contribution in [2.24, 2.45) is 0 Å². The standard InChI is InChI=1S/C19H20O3/c1-2-15-8-9-16(19(10-11-19)18(20)21)12-17(15)22-13-14-6-4-3-5-7-14/h3-9,12H,2,10-11,13H2,1H3,(H,20,21). The van der Waals surface area contributed by atoms with Gasteiger partial charge in [0.15, 0.2) is 0 Å². The van der Waals surface area contributed by atoms with E-state index in [4.69, 9.17) is 4.74 Å². The number of aryl methyl sites for hydroxylation is 1. The lowest BCUT2D eigenvalue weighted by Gasteiger charge is -2.16. The third kappa shape index (κ3) is 2.71. The molecule has 0 amide bonds. The van der Waals surface area contributed by atoms with Crippen molar-refractivity contribution in [3.8, 4) is 5.75 Å². The molecule has 1 aliphatic rings. The number of carboxylic acid groups (broad SMARTS) is 1. The van der Waals surface area contributed by atoms with E-state index >= 15 is 0 Å². The Morgan fingerprint density at radius 3 is 2.50 bits per heavy atom. The largest absolute Gasteiger partial charge is 0.489 e. The fraction of sp³-hybridized carbons (Fsp3) is 0.316. The molecule has 0 aromatic heterocycles. The van der Waals surface area contributed by atoms with Crippen LogP contribution < -0.4 is 4.74 Å². The van der Waals surface area contributed by atoms with Crippen molar-refractivity contribution in [1.29, 1.82) is 0 Å². The van der Waals surface area contributed by atoms with E-state index in [2.05, 4.69) is 6.92 Å². The smallest absolute Gasteiger partial charge is 0.314 e. The van der Waals surface area contributed by atoms with Crippen LogP contribution in [0.3, 0.4) is 0 Å². The van der Waals surface area contributed by atoms with E-state index in [9.17, 15) is 9.90 Å². The molecule has 0 atom stereocenters. The number of ether oxygens (including phenoxy) is 1. The SMILES string of the molecule is CCc1ccc(C2(C(=O)O)CC2)cc1OCc1ccccc1. The minimum Gasteiger partial charge on any atom is -0.489 e. The Morgan fingerprint density at radius 1 is 1.18 bits per heavy atom. The summed E-state index contributed by atoms with van der Waals surface area (Å²) in [7, 11) is 0. The van der Waals surface area contributed by atoms with Crippen LogP contribution in [0, 0.1) is 0 Å². The second kappa shape index (κ2) is 5.84. The molecule has 114 valence electrons. The number of hydrogen-bond acceptors (Lipinski definition) is 2. The second-order valence-electron chi connectivity index (χ2n) is 5.84. The van der Waals surface area contributed by atoms with Crippen molar-refractivity contribution in [2.75, 3.05) is 0 Å². The second-order valence-corrected chi connectivity index (χ2v) is 5.84. The third-order valence-corrected chi connectivity index (χ3v) is 4.40. The maximum atomic E-state index is 11.5. The van der Waals surface area contributed by atoms with Crippen LogP contribution in [-0.2, 0) is 23.2 Å². The van der Waals surface area contributed by atoms with Gasteiger partial charge in [-0.25, -0.2) is 0 Å². The van der Waals surface area contributed by atoms with Crippen molar-refractivity contribution in [2.45, 2.75) is 38.2 Å². The molecule has 1 N–H and O–H groups in total. The lowest BCUT2D eigenvalue weighted by Crippen LogP contribution is -2.19. The molecule has 1 fully saturated rings. The number of benzene rings is 2. The Balaban J connectivity index is 1.84. The number of rotatable bonds is 6. The molecule has 3 nitrogen and oxygen atoms in total. The molecular formula is C19H20O3. The molecule has 0 unspecified atom stereocenters. The topological polar surface area (TPSA) is 46.5 Å². The van der Waals surface area contributed by atoms with Crippen LogP contribution in [0.15, 0.2) is 48.5 Å². The Kier molecular flexibility index (Phi) is 3.88. The van der Waals surface area contributed by atoms with Crippen molar-refractivity contribution in [1.82, 2.24) is 0 Å². The molecule has 0 radical (unpaired) electrons. The fourth-order valence-electron chi connectivity index (χ4n) is 2.76. The van der Waals surface area contributed by atoms with Gasteiger partial charge in [-0.05, 0) is 42.0 Å². The predicted octanol–water partition coefficient (Wildman–Crippen LogP) is 3.94. The summed E-state index contributed by atoms with van der Waals surface area (Å²) in [6, 6.07) is 15.9. The minimum absolute atomic E-state index is 0.497. The fourth-order valence-corrected chi connectivity index (χ4v) is 2.76. The van der Waals surface area contributed by atoms with Gasteiger partial charge < -0.3 is 9.84 Å². The summed E-state index contributed by atoms with van der Waals surface area (Å²) in [6.07, 6.45) is 2.29. The van der Waals surface area contributed by atoms with Crippen LogP contribution in [0.2, 0.25) is 0 Å². The van der Waals surface area contributed by atoms with Gasteiger partial charge in [0, 0.05) is 0 Å². The van der Waals surface area contributed by atoms with Gasteiger partial charge in [0.1, 0.15) is 12.4 Å². The van der Waals surface area contributed by atoms with Gasteiger partial charge in [0.05, 0.1) is 5.41 Å². The highest BCUT2D eigenvalue weighted by Gasteiger charge is 2.51. The van der Waals surface area contributed by atoms with Crippen LogP contribution in [0.25, 0.3) is 0 Å². The van der Waals surface area contributed by atoms with Gasteiger partial charge in [-0.3, -0.25) is 4.79 Å². The van der Waals surface area contributed by atoms with Gasteiger partial charge in [-0.15, -0.1) is 0 Å². The first-order chi connectivity index (χ1) is 10.7. The van der Waals surface area contributed by atoms with E-state index in [1.165, 1.54) is 0 Å². The highest BCUT2D eigenvalue weighted by Crippen LogP contribution is 2.49. The maximum Gasteiger partial charge on any atom is 0.314 e. The summed E-state index contributed by atoms with van der Waals surface area (Å²) >= 11 is 0. The lowest BCUT2D eigenvalue weighted by molar-refractivity contribution is -0.140. The van der Waals surface area contributed by atoms with Gasteiger partial charge in [-0.1, -0.05) is 49.4 Å². The van der Waals surface area contributed by atoms with Gasteiger partial charge in [0.25, 0.3) is 0 Å². The summed E-state index contributed by atoms with van der Waals surface area (Å²) < 4.78 is 5.96. The first-order valence-corrected chi connectivity index (χ1v) is 7.69. The van der Waals surface area contributed by atoms with Crippen molar-refractivity contribution in [3.05, 3.63) is 65.2 Å². The van der Waals surface area contributed by atoms with Gasteiger partial charge in [0.2, 0.25) is 0 Å². The van der Waals surface area contributed by atoms with Crippen LogP contribution >= 0.6 is 0 Å². The molecule has 0 saturated heterocycles. The number of hydrogen-bond donors (Lipinski definition) is 1. The third-order valence-electron chi connectivity index (χ3n) is 4.40. The van der Waals surface area contributed by atoms with E-state index in [0.717, 1.165) is 28.9 Å². The highest BCUT2D eigenvalue weighted by molar-refractivity contribution is 5.85. The molecule has 0 spiro atoms. The molecule has 0 bridgehead atoms. The van der Waals surface area contributed by atoms with Crippen LogP contribution in [0.1, 0.15) is 36.5 Å². The molecule has 1 aliphatic carbocycles. The number of carbonyl (C=O) groups is 1. The Hall–Kier alpha value is -2.29. The molecule has 3 rings (SSSR count). The first kappa shape index (κ1) is 14.6. The summed E-state index contributed by atoms with van der Waals surface area (Å²) in [5.41, 5.74) is 2.40. The highest BCUT2D eigenvalue weighted by atomic mass is 16.5. The normalized spacial score (nSPS) is 15.3. The molecule has 2 aromatic carbocycles. The van der Waals surface area contributed by atoms with Crippen LogP contribution in [-0.4, -0.2) is 11.1 Å². The van der Waals surface area contributed by atoms with E-state index in [-0.39, 0.29) is 0 Å². The van der Waals surface area contributed by atoms with Gasteiger partial charge >= 0.3 is 5.97 Å². The van der Waals surface area contributed by atoms with Crippen LogP contribution in [0.5, 0.6) is 5.75 Å². The molecule has 22 heavy (non-hydrogen) atoms. The summed E-state index contributed by atoms with van der Waals surface area (Å²) in [5, 5.41) is 9.44. The van der Waals surface area contributed by atoms with Crippen molar-refractivity contribution < 1.29 is 14.6 Å². The van der Waals surface area contributed by atoms with Crippen molar-refractivity contribution >= 4 is 5.97 Å². The first-order valence-electron chi connectivity index (χ1n) is 7.69. The lowest BCUT2D eigenvalue weighted by atomic mass is 9.94. The maximum absolute atomic E-state index is 11.5. The quantitative estimate of drug-likeness (QED) is 0.878. The minimum atomic E-state index is -0.731. The zero-order chi connectivity index (χ0) is 15.6. The van der Waals surface area contributed by atoms with E-state index < -0.39 is 11.4 Å². The summed E-state index contributed by atoms with van der Waals surface area (Å²) in [6.45, 7) is 2.58. The predicted molar refractivity (Wildman–Crippen MR) is 85.1 cm³/mol. The van der Waals surface area contributed by atoms with Crippen LogP contribution in [0.4, 0.5) is 0 Å². The zero-order valence-corrected chi connectivity index (χ0v) is 12.7. The number of carboxylic acids is 1. The number of aliphatic carboxylic acids is 1. The summed E-state index contributed by atoms with van der Waals surface area (Å²) in [5.74, 6) is 0.0714. The summed E-state index contributed by atoms with van der Waals surface area (Å²) in [4.78, 5) is 11.5. The molecule has 0 heterocycles. The average Bonchev–Trinajstić information content (AvgIpc) is 3.35. The molecule has 2 aromatic rings. The molecule has 1 saturated carbocycles. The van der Waals surface area contributed by atoms with E-state index in [1.807, 2.05) is 48.5 Å². The Morgan fingerprint density at radius 2 is 1.91 bits per heavy atom. The Labute approximate surface area is 130 Å². The Bertz CT molecular complexity index is 672. The molecule has 0 aliphatic heterocycles. The van der Waals surface area contributed by atoms with Crippen molar-refractivity contribution in [3.63, 3.8) is 0 Å². The van der Waals surface area contributed by atoms with E-state index in [1.54, 1.807) is 0 Å². The monoisotopic (exact) mass is 296 g/mol. The molecule has 3 heteroatoms. The average molecular weight is 296 g/mol. The zero-order valence-electron chi connectivity index (χ0n) is 12.7. The van der Waals surface area contributed by atoms with Gasteiger partial charge in [-0.2, -0.15) is 0 Å². The van der Waals surface area contributed by atoms with E-state index in [0.29, 0.717) is 19.4 Å².